The molecular formula is C21H24N4O3S. The van der Waals surface area contributed by atoms with Crippen LogP contribution < -0.4 is 21.5 Å². The lowest BCUT2D eigenvalue weighted by atomic mass is 10.1. The minimum Gasteiger partial charge on any atom is -0.326 e. The Hall–Kier alpha value is -3.26. The van der Waals surface area contributed by atoms with E-state index in [4.69, 9.17) is 12.2 Å². The minimum absolute atomic E-state index is 0.0218. The normalized spacial score (nSPS) is 10.0. The number of thiocarbonyl (C=S) groups is 1. The van der Waals surface area contributed by atoms with Crippen LogP contribution in [0, 0.1) is 6.92 Å². The number of nitrogens with one attached hydrogen (secondary N) is 4. The van der Waals surface area contributed by atoms with E-state index in [1.54, 1.807) is 36.4 Å². The number of carbonyl (C=O) groups excluding carboxylic acids is 3. The number of unbranched alkanes of at least 4 members (excludes halogenated alkanes) is 1. The van der Waals surface area contributed by atoms with Gasteiger partial charge in [-0.25, -0.2) is 0 Å². The number of rotatable bonds is 6. The number of amides is 3. The van der Waals surface area contributed by atoms with Gasteiger partial charge in [0.15, 0.2) is 5.11 Å². The quantitative estimate of drug-likeness (QED) is 0.432. The van der Waals surface area contributed by atoms with Crippen LogP contribution in [0.15, 0.2) is 48.5 Å². The number of hydrazine groups is 1. The molecule has 4 N–H and O–H groups in total. The Kier molecular flexibility index (Phi) is 8.29. The van der Waals surface area contributed by atoms with Crippen LogP contribution in [-0.4, -0.2) is 22.8 Å². The maximum Gasteiger partial charge on any atom is 0.269 e. The Morgan fingerprint density at radius 1 is 0.931 bits per heavy atom. The van der Waals surface area contributed by atoms with Gasteiger partial charge >= 0.3 is 0 Å². The van der Waals surface area contributed by atoms with Crippen molar-refractivity contribution in [3.8, 4) is 0 Å². The van der Waals surface area contributed by atoms with Gasteiger partial charge < -0.3 is 5.32 Å². The molecule has 2 aromatic rings. The summed E-state index contributed by atoms with van der Waals surface area (Å²) >= 11 is 5.04. The van der Waals surface area contributed by atoms with Gasteiger partial charge in [0.05, 0.1) is 0 Å². The summed E-state index contributed by atoms with van der Waals surface area (Å²) in [5.41, 5.74) is 7.24. The van der Waals surface area contributed by atoms with Crippen LogP contribution in [0.3, 0.4) is 0 Å². The zero-order chi connectivity index (χ0) is 21.2. The van der Waals surface area contributed by atoms with Gasteiger partial charge in [0, 0.05) is 23.2 Å². The van der Waals surface area contributed by atoms with Crippen molar-refractivity contribution in [3.63, 3.8) is 0 Å². The fraction of sp³-hybridized carbons (Fsp3) is 0.238. The van der Waals surface area contributed by atoms with Gasteiger partial charge in [0.2, 0.25) is 5.91 Å². The summed E-state index contributed by atoms with van der Waals surface area (Å²) in [6, 6.07) is 13.6. The molecule has 29 heavy (non-hydrogen) atoms. The number of anilines is 1. The Bertz CT molecular complexity index is 897. The molecule has 0 aliphatic carbocycles. The fourth-order valence-corrected chi connectivity index (χ4v) is 2.62. The molecule has 0 bridgehead atoms. The smallest absolute Gasteiger partial charge is 0.269 e. The van der Waals surface area contributed by atoms with E-state index in [0.29, 0.717) is 23.2 Å². The average molecular weight is 413 g/mol. The molecule has 0 aliphatic heterocycles. The second-order valence-corrected chi connectivity index (χ2v) is 6.81. The van der Waals surface area contributed by atoms with Crippen molar-refractivity contribution in [1.29, 1.82) is 0 Å². The van der Waals surface area contributed by atoms with Gasteiger partial charge in [-0.1, -0.05) is 31.5 Å². The topological polar surface area (TPSA) is 99.3 Å². The Labute approximate surface area is 175 Å². The molecule has 0 saturated heterocycles. The maximum atomic E-state index is 12.2. The molecule has 0 aromatic heterocycles. The summed E-state index contributed by atoms with van der Waals surface area (Å²) in [6.45, 7) is 3.84. The summed E-state index contributed by atoms with van der Waals surface area (Å²) in [7, 11) is 0. The van der Waals surface area contributed by atoms with E-state index in [2.05, 4.69) is 21.5 Å². The molecule has 8 heteroatoms. The first-order valence-corrected chi connectivity index (χ1v) is 9.68. The molecule has 2 rings (SSSR count). The summed E-state index contributed by atoms with van der Waals surface area (Å²) in [5.74, 6) is -0.847. The zero-order valence-electron chi connectivity index (χ0n) is 16.4. The van der Waals surface area contributed by atoms with Crippen molar-refractivity contribution < 1.29 is 14.4 Å². The molecule has 7 nitrogen and oxygen atoms in total. The SMILES string of the molecule is CCCCC(=O)Nc1ccc(C(=O)NNC(=S)NC(=O)c2ccccc2C)cc1. The third-order valence-electron chi connectivity index (χ3n) is 4.09. The lowest BCUT2D eigenvalue weighted by molar-refractivity contribution is -0.116. The van der Waals surface area contributed by atoms with Crippen LogP contribution in [0.2, 0.25) is 0 Å². The largest absolute Gasteiger partial charge is 0.326 e. The van der Waals surface area contributed by atoms with E-state index >= 15 is 0 Å². The first kappa shape index (κ1) is 22.0. The van der Waals surface area contributed by atoms with Crippen LogP contribution >= 0.6 is 12.2 Å². The van der Waals surface area contributed by atoms with Gasteiger partial charge in [0.1, 0.15) is 0 Å². The Balaban J connectivity index is 1.82. The van der Waals surface area contributed by atoms with E-state index in [9.17, 15) is 14.4 Å². The molecule has 0 atom stereocenters. The van der Waals surface area contributed by atoms with Gasteiger partial charge in [-0.3, -0.25) is 30.6 Å². The van der Waals surface area contributed by atoms with Gasteiger partial charge in [-0.15, -0.1) is 0 Å². The second-order valence-electron chi connectivity index (χ2n) is 6.41. The molecule has 0 saturated carbocycles. The number of hydrogen-bond acceptors (Lipinski definition) is 4. The third-order valence-corrected chi connectivity index (χ3v) is 4.30. The third kappa shape index (κ3) is 7.00. The van der Waals surface area contributed by atoms with Gasteiger partial charge in [-0.2, -0.15) is 0 Å². The second kappa shape index (κ2) is 10.9. The van der Waals surface area contributed by atoms with Crippen LogP contribution in [0.4, 0.5) is 5.69 Å². The lowest BCUT2D eigenvalue weighted by Crippen LogP contribution is -2.48. The summed E-state index contributed by atoms with van der Waals surface area (Å²) in [6.07, 6.45) is 2.25. The molecule has 0 aliphatic rings. The van der Waals surface area contributed by atoms with Crippen LogP contribution in [0.5, 0.6) is 0 Å². The lowest BCUT2D eigenvalue weighted by Gasteiger charge is -2.12. The van der Waals surface area contributed by atoms with E-state index in [1.165, 1.54) is 0 Å². The summed E-state index contributed by atoms with van der Waals surface area (Å²) in [5, 5.41) is 5.27. The Morgan fingerprint density at radius 2 is 1.62 bits per heavy atom. The first-order valence-electron chi connectivity index (χ1n) is 9.28. The monoisotopic (exact) mass is 412 g/mol. The standard InChI is InChI=1S/C21H24N4O3S/c1-3-4-9-18(26)22-16-12-10-15(11-13-16)19(27)24-25-21(29)23-20(28)17-8-6-5-7-14(17)2/h5-8,10-13H,3-4,9H2,1-2H3,(H,22,26)(H,24,27)(H2,23,25,28,29). The first-order chi connectivity index (χ1) is 13.9. The van der Waals surface area contributed by atoms with Crippen LogP contribution in [0.25, 0.3) is 0 Å². The number of hydrogen-bond donors (Lipinski definition) is 4. The predicted octanol–water partition coefficient (Wildman–Crippen LogP) is 3.07. The van der Waals surface area contributed by atoms with Gasteiger partial charge in [0.25, 0.3) is 11.8 Å². The maximum absolute atomic E-state index is 12.2. The number of carbonyl (C=O) groups is 3. The van der Waals surface area contributed by atoms with E-state index in [0.717, 1.165) is 18.4 Å². The van der Waals surface area contributed by atoms with Crippen molar-refractivity contribution in [3.05, 3.63) is 65.2 Å². The number of benzene rings is 2. The molecule has 0 radical (unpaired) electrons. The average Bonchev–Trinajstić information content (AvgIpc) is 2.71. The highest BCUT2D eigenvalue weighted by Gasteiger charge is 2.11. The molecule has 0 heterocycles. The zero-order valence-corrected chi connectivity index (χ0v) is 17.2. The summed E-state index contributed by atoms with van der Waals surface area (Å²) in [4.78, 5) is 36.1. The van der Waals surface area contributed by atoms with Crippen molar-refractivity contribution in [2.24, 2.45) is 0 Å². The van der Waals surface area contributed by atoms with Gasteiger partial charge in [-0.05, 0) is 61.5 Å². The van der Waals surface area contributed by atoms with Crippen molar-refractivity contribution >= 4 is 40.7 Å². The molecule has 2 aromatic carbocycles. The van der Waals surface area contributed by atoms with Crippen LogP contribution in [0.1, 0.15) is 52.5 Å². The van der Waals surface area contributed by atoms with Crippen LogP contribution in [-0.2, 0) is 4.79 Å². The number of aryl methyl sites for hydroxylation is 1. The molecule has 0 unspecified atom stereocenters. The van der Waals surface area contributed by atoms with Crippen molar-refractivity contribution in [2.45, 2.75) is 33.1 Å². The highest BCUT2D eigenvalue weighted by atomic mass is 32.1. The van der Waals surface area contributed by atoms with E-state index < -0.39 is 5.91 Å². The van der Waals surface area contributed by atoms with E-state index in [-0.39, 0.29) is 16.9 Å². The van der Waals surface area contributed by atoms with E-state index in [1.807, 2.05) is 26.0 Å². The molecule has 0 fully saturated rings. The predicted molar refractivity (Wildman–Crippen MR) is 116 cm³/mol. The highest BCUT2D eigenvalue weighted by Crippen LogP contribution is 2.10. The molecule has 0 spiro atoms. The molecule has 152 valence electrons. The summed E-state index contributed by atoms with van der Waals surface area (Å²) < 4.78 is 0. The fourth-order valence-electron chi connectivity index (χ4n) is 2.48. The molecule has 3 amide bonds. The van der Waals surface area contributed by atoms with Crippen molar-refractivity contribution in [1.82, 2.24) is 16.2 Å². The minimum atomic E-state index is -0.429. The molecular weight excluding hydrogens is 388 g/mol. The Morgan fingerprint density at radius 3 is 2.28 bits per heavy atom. The highest BCUT2D eigenvalue weighted by molar-refractivity contribution is 7.80. The van der Waals surface area contributed by atoms with Crippen molar-refractivity contribution in [2.75, 3.05) is 5.32 Å².